The largest absolute Gasteiger partial charge is 0.368 e. The first-order valence-electron chi connectivity index (χ1n) is 5.05. The number of carbonyl (C=O) groups is 2. The zero-order valence-electron chi connectivity index (χ0n) is 8.77. The van der Waals surface area contributed by atoms with Crippen molar-refractivity contribution in [1.29, 1.82) is 5.26 Å². The topological polar surface area (TPSA) is 87.2 Å². The molecule has 5 heteroatoms. The Labute approximate surface area is 88.8 Å². The van der Waals surface area contributed by atoms with Gasteiger partial charge in [-0.2, -0.15) is 5.26 Å². The molecule has 0 aromatic heterocycles. The van der Waals surface area contributed by atoms with Crippen LogP contribution in [0, 0.1) is 17.2 Å². The average Bonchev–Trinajstić information content (AvgIpc) is 2.49. The number of hydrogen-bond acceptors (Lipinski definition) is 3. The molecule has 0 radical (unpaired) electrons. The third kappa shape index (κ3) is 2.46. The summed E-state index contributed by atoms with van der Waals surface area (Å²) in [4.78, 5) is 24.2. The van der Waals surface area contributed by atoms with Crippen molar-refractivity contribution in [2.45, 2.75) is 32.2 Å². The fourth-order valence-corrected chi connectivity index (χ4v) is 1.95. The van der Waals surface area contributed by atoms with Crippen molar-refractivity contribution in [3.05, 3.63) is 0 Å². The van der Waals surface area contributed by atoms with Crippen molar-refractivity contribution < 1.29 is 9.59 Å². The highest BCUT2D eigenvalue weighted by atomic mass is 16.2. The first kappa shape index (κ1) is 11.5. The second-order valence-corrected chi connectivity index (χ2v) is 3.80. The second-order valence-electron chi connectivity index (χ2n) is 3.80. The van der Waals surface area contributed by atoms with Crippen LogP contribution in [0.4, 0.5) is 0 Å². The maximum absolute atomic E-state index is 11.6. The lowest BCUT2D eigenvalue weighted by atomic mass is 10.1. The summed E-state index contributed by atoms with van der Waals surface area (Å²) >= 11 is 0. The monoisotopic (exact) mass is 209 g/mol. The Morgan fingerprint density at radius 1 is 1.80 bits per heavy atom. The minimum atomic E-state index is -0.513. The zero-order chi connectivity index (χ0) is 11.4. The first-order valence-corrected chi connectivity index (χ1v) is 5.05. The molecule has 2 amide bonds. The lowest BCUT2D eigenvalue weighted by Gasteiger charge is -2.24. The van der Waals surface area contributed by atoms with E-state index in [0.29, 0.717) is 25.8 Å². The summed E-state index contributed by atoms with van der Waals surface area (Å²) in [6.45, 7) is 2.30. The van der Waals surface area contributed by atoms with Gasteiger partial charge < -0.3 is 10.6 Å². The van der Waals surface area contributed by atoms with Gasteiger partial charge in [-0.05, 0) is 12.3 Å². The lowest BCUT2D eigenvalue weighted by molar-refractivity contribution is -0.136. The quantitative estimate of drug-likeness (QED) is 0.707. The summed E-state index contributed by atoms with van der Waals surface area (Å²) in [6.07, 6.45) is 1.25. The Bertz CT molecular complexity index is 308. The SMILES string of the molecule is CC[C@@H](C(N)=O)N1CC(CC#N)CC1=O. The summed E-state index contributed by atoms with van der Waals surface area (Å²) in [6, 6.07) is 1.53. The highest BCUT2D eigenvalue weighted by Gasteiger charge is 2.35. The van der Waals surface area contributed by atoms with Crippen LogP contribution in [0.15, 0.2) is 0 Å². The molecule has 15 heavy (non-hydrogen) atoms. The number of hydrogen-bond donors (Lipinski definition) is 1. The molecule has 0 saturated carbocycles. The van der Waals surface area contributed by atoms with E-state index in [2.05, 4.69) is 0 Å². The molecule has 82 valence electrons. The molecule has 2 atom stereocenters. The summed E-state index contributed by atoms with van der Waals surface area (Å²) in [5, 5.41) is 8.53. The average molecular weight is 209 g/mol. The Hall–Kier alpha value is -1.57. The molecular weight excluding hydrogens is 194 g/mol. The molecule has 0 spiro atoms. The van der Waals surface area contributed by atoms with Crippen molar-refractivity contribution >= 4 is 11.8 Å². The third-order valence-corrected chi connectivity index (χ3v) is 2.71. The van der Waals surface area contributed by atoms with Gasteiger partial charge in [0.15, 0.2) is 0 Å². The van der Waals surface area contributed by atoms with Gasteiger partial charge in [-0.1, -0.05) is 6.92 Å². The van der Waals surface area contributed by atoms with Gasteiger partial charge in [0.25, 0.3) is 0 Å². The molecule has 1 rings (SSSR count). The minimum Gasteiger partial charge on any atom is -0.368 e. The van der Waals surface area contributed by atoms with Crippen molar-refractivity contribution in [1.82, 2.24) is 4.90 Å². The number of rotatable bonds is 4. The fourth-order valence-electron chi connectivity index (χ4n) is 1.95. The highest BCUT2D eigenvalue weighted by Crippen LogP contribution is 2.23. The molecular formula is C10H15N3O2. The highest BCUT2D eigenvalue weighted by molar-refractivity contribution is 5.87. The van der Waals surface area contributed by atoms with Gasteiger partial charge in [0.2, 0.25) is 11.8 Å². The van der Waals surface area contributed by atoms with E-state index < -0.39 is 11.9 Å². The van der Waals surface area contributed by atoms with Gasteiger partial charge in [0.05, 0.1) is 6.07 Å². The molecule has 1 unspecified atom stereocenters. The molecule has 2 N–H and O–H groups in total. The van der Waals surface area contributed by atoms with Crippen LogP contribution in [0.2, 0.25) is 0 Å². The van der Waals surface area contributed by atoms with E-state index in [9.17, 15) is 9.59 Å². The number of carbonyl (C=O) groups excluding carboxylic acids is 2. The number of nitriles is 1. The van der Waals surface area contributed by atoms with Crippen LogP contribution in [0.1, 0.15) is 26.2 Å². The molecule has 1 saturated heterocycles. The third-order valence-electron chi connectivity index (χ3n) is 2.71. The van der Waals surface area contributed by atoms with E-state index in [1.165, 1.54) is 4.90 Å². The van der Waals surface area contributed by atoms with Crippen LogP contribution in [0.5, 0.6) is 0 Å². The van der Waals surface area contributed by atoms with E-state index in [0.717, 1.165) is 0 Å². The van der Waals surface area contributed by atoms with E-state index in [1.54, 1.807) is 0 Å². The lowest BCUT2D eigenvalue weighted by Crippen LogP contribution is -2.45. The Morgan fingerprint density at radius 3 is 2.93 bits per heavy atom. The smallest absolute Gasteiger partial charge is 0.240 e. The summed E-state index contributed by atoms with van der Waals surface area (Å²) in [5.74, 6) is -0.486. The van der Waals surface area contributed by atoms with E-state index in [1.807, 2.05) is 13.0 Å². The van der Waals surface area contributed by atoms with E-state index >= 15 is 0 Å². The number of nitrogens with two attached hydrogens (primary N) is 1. The normalized spacial score (nSPS) is 22.5. The van der Waals surface area contributed by atoms with Crippen LogP contribution >= 0.6 is 0 Å². The van der Waals surface area contributed by atoms with Gasteiger partial charge in [0, 0.05) is 19.4 Å². The van der Waals surface area contributed by atoms with Gasteiger partial charge in [0.1, 0.15) is 6.04 Å². The van der Waals surface area contributed by atoms with Gasteiger partial charge in [-0.15, -0.1) is 0 Å². The Balaban J connectivity index is 2.68. The summed E-state index contributed by atoms with van der Waals surface area (Å²) in [7, 11) is 0. The predicted octanol–water partition coefficient (Wildman–Crippen LogP) is 0.0125. The maximum atomic E-state index is 11.6. The number of amides is 2. The summed E-state index contributed by atoms with van der Waals surface area (Å²) in [5.41, 5.74) is 5.21. The molecule has 1 fully saturated rings. The van der Waals surface area contributed by atoms with Crippen molar-refractivity contribution in [2.75, 3.05) is 6.54 Å². The Kier molecular flexibility index (Phi) is 3.67. The van der Waals surface area contributed by atoms with Crippen LogP contribution in [-0.4, -0.2) is 29.3 Å². The fraction of sp³-hybridized carbons (Fsp3) is 0.700. The van der Waals surface area contributed by atoms with Crippen molar-refractivity contribution in [2.24, 2.45) is 11.7 Å². The van der Waals surface area contributed by atoms with E-state index in [4.69, 9.17) is 11.0 Å². The van der Waals surface area contributed by atoms with E-state index in [-0.39, 0.29) is 11.8 Å². The molecule has 1 aliphatic rings. The predicted molar refractivity (Wildman–Crippen MR) is 53.3 cm³/mol. The van der Waals surface area contributed by atoms with Gasteiger partial charge >= 0.3 is 0 Å². The van der Waals surface area contributed by atoms with Gasteiger partial charge in [-0.3, -0.25) is 9.59 Å². The molecule has 0 aromatic carbocycles. The molecule has 1 aliphatic heterocycles. The molecule has 0 aliphatic carbocycles. The van der Waals surface area contributed by atoms with Crippen LogP contribution < -0.4 is 5.73 Å². The number of primary amides is 1. The van der Waals surface area contributed by atoms with Crippen molar-refractivity contribution in [3.8, 4) is 6.07 Å². The number of nitrogens with zero attached hydrogens (tertiary/aromatic N) is 2. The standard InChI is InChI=1S/C10H15N3O2/c1-2-8(10(12)15)13-6-7(3-4-11)5-9(13)14/h7-8H,2-3,5-6H2,1H3,(H2,12,15)/t7?,8-/m0/s1. The molecule has 0 bridgehead atoms. The van der Waals surface area contributed by atoms with Crippen LogP contribution in [-0.2, 0) is 9.59 Å². The number of likely N-dealkylation sites (tertiary alicyclic amines) is 1. The summed E-state index contributed by atoms with van der Waals surface area (Å²) < 4.78 is 0. The first-order chi connectivity index (χ1) is 7.10. The van der Waals surface area contributed by atoms with Gasteiger partial charge in [-0.25, -0.2) is 0 Å². The van der Waals surface area contributed by atoms with Crippen LogP contribution in [0.3, 0.4) is 0 Å². The minimum absolute atomic E-state index is 0.0518. The van der Waals surface area contributed by atoms with Crippen LogP contribution in [0.25, 0.3) is 0 Å². The molecule has 0 aromatic rings. The Morgan fingerprint density at radius 2 is 2.47 bits per heavy atom. The zero-order valence-corrected chi connectivity index (χ0v) is 8.77. The molecule has 5 nitrogen and oxygen atoms in total. The molecule has 1 heterocycles. The maximum Gasteiger partial charge on any atom is 0.240 e. The van der Waals surface area contributed by atoms with Crippen molar-refractivity contribution in [3.63, 3.8) is 0 Å². The second kappa shape index (κ2) is 4.78.